The largest absolute Gasteiger partial charge is 0.491 e. The minimum atomic E-state index is -0.0482. The van der Waals surface area contributed by atoms with Crippen LogP contribution in [-0.4, -0.2) is 42.5 Å². The van der Waals surface area contributed by atoms with Gasteiger partial charge in [0.2, 0.25) is 5.91 Å². The van der Waals surface area contributed by atoms with E-state index in [4.69, 9.17) is 21.1 Å². The zero-order chi connectivity index (χ0) is 15.9. The van der Waals surface area contributed by atoms with Crippen LogP contribution in [0.5, 0.6) is 5.75 Å². The second kappa shape index (κ2) is 8.39. The van der Waals surface area contributed by atoms with E-state index < -0.39 is 0 Å². The molecule has 1 aliphatic heterocycles. The molecule has 0 aliphatic carbocycles. The second-order valence-corrected chi connectivity index (χ2v) is 6.18. The molecule has 1 atom stereocenters. The van der Waals surface area contributed by atoms with Gasteiger partial charge < -0.3 is 14.4 Å². The fourth-order valence-corrected chi connectivity index (χ4v) is 2.76. The van der Waals surface area contributed by atoms with E-state index >= 15 is 0 Å². The number of carbonyl (C=O) groups excluding carboxylic acids is 1. The van der Waals surface area contributed by atoms with Crippen LogP contribution in [0.1, 0.15) is 25.8 Å². The summed E-state index contributed by atoms with van der Waals surface area (Å²) < 4.78 is 11.2. The maximum Gasteiger partial charge on any atom is 0.237 e. The Morgan fingerprint density at radius 1 is 1.45 bits per heavy atom. The number of hydrogen-bond acceptors (Lipinski definition) is 3. The summed E-state index contributed by atoms with van der Waals surface area (Å²) in [6, 6.07) is 7.85. The highest BCUT2D eigenvalue weighted by atomic mass is 35.5. The van der Waals surface area contributed by atoms with Crippen molar-refractivity contribution in [3.8, 4) is 5.75 Å². The Labute approximate surface area is 137 Å². The zero-order valence-electron chi connectivity index (χ0n) is 13.3. The molecule has 0 bridgehead atoms. The minimum absolute atomic E-state index is 0.000776. The van der Waals surface area contributed by atoms with E-state index in [0.717, 1.165) is 30.9 Å². The van der Waals surface area contributed by atoms with E-state index in [9.17, 15) is 4.79 Å². The lowest BCUT2D eigenvalue weighted by molar-refractivity contribution is -0.129. The number of hydrogen-bond donors (Lipinski definition) is 0. The maximum atomic E-state index is 12.1. The van der Waals surface area contributed by atoms with Gasteiger partial charge in [0.1, 0.15) is 11.6 Å². The van der Waals surface area contributed by atoms with Crippen molar-refractivity contribution in [3.05, 3.63) is 29.8 Å². The number of halogens is 1. The molecule has 4 nitrogen and oxygen atoms in total. The van der Waals surface area contributed by atoms with Gasteiger partial charge in [0, 0.05) is 31.2 Å². The standard InChI is InChI=1S/C17H24ClNO3/c1-13(2)22-16-6-4-3-5-15(16)11-19(17(20)9-18)10-14-7-8-21-12-14/h3-6,13-14H,7-12H2,1-2H3. The second-order valence-electron chi connectivity index (χ2n) is 5.91. The normalized spacial score (nSPS) is 17.7. The third-order valence-corrected chi connectivity index (χ3v) is 3.89. The van der Waals surface area contributed by atoms with Crippen molar-refractivity contribution >= 4 is 17.5 Å². The van der Waals surface area contributed by atoms with Crippen molar-refractivity contribution in [1.82, 2.24) is 4.90 Å². The van der Waals surface area contributed by atoms with Gasteiger partial charge >= 0.3 is 0 Å². The number of alkyl halides is 1. The lowest BCUT2D eigenvalue weighted by atomic mass is 10.1. The first-order chi connectivity index (χ1) is 10.6. The van der Waals surface area contributed by atoms with Crippen molar-refractivity contribution < 1.29 is 14.3 Å². The van der Waals surface area contributed by atoms with Crippen molar-refractivity contribution in [2.24, 2.45) is 5.92 Å². The van der Waals surface area contributed by atoms with Gasteiger partial charge in [-0.05, 0) is 26.3 Å². The molecule has 0 spiro atoms. The monoisotopic (exact) mass is 325 g/mol. The lowest BCUT2D eigenvalue weighted by Gasteiger charge is -2.26. The van der Waals surface area contributed by atoms with E-state index in [2.05, 4.69) is 0 Å². The number of rotatable bonds is 7. The molecule has 2 rings (SSSR count). The summed E-state index contributed by atoms with van der Waals surface area (Å²) >= 11 is 5.77. The summed E-state index contributed by atoms with van der Waals surface area (Å²) in [5, 5.41) is 0. The molecule has 0 aromatic heterocycles. The molecule has 1 fully saturated rings. The van der Waals surface area contributed by atoms with E-state index in [1.165, 1.54) is 0 Å². The van der Waals surface area contributed by atoms with Crippen LogP contribution in [0.25, 0.3) is 0 Å². The van der Waals surface area contributed by atoms with Crippen LogP contribution in [0.3, 0.4) is 0 Å². The average molecular weight is 326 g/mol. The van der Waals surface area contributed by atoms with Crippen molar-refractivity contribution in [2.45, 2.75) is 32.9 Å². The van der Waals surface area contributed by atoms with E-state index in [1.807, 2.05) is 43.0 Å². The molecule has 22 heavy (non-hydrogen) atoms. The first kappa shape index (κ1) is 17.1. The summed E-state index contributed by atoms with van der Waals surface area (Å²) in [6.45, 7) is 6.69. The topological polar surface area (TPSA) is 38.8 Å². The molecule has 1 aliphatic rings. The van der Waals surface area contributed by atoms with Crippen LogP contribution >= 0.6 is 11.6 Å². The van der Waals surface area contributed by atoms with Crippen LogP contribution in [0.4, 0.5) is 0 Å². The van der Waals surface area contributed by atoms with Crippen LogP contribution in [-0.2, 0) is 16.1 Å². The van der Waals surface area contributed by atoms with Crippen LogP contribution in [0, 0.1) is 5.92 Å². The number of ether oxygens (including phenoxy) is 2. The van der Waals surface area contributed by atoms with Crippen LogP contribution in [0.2, 0.25) is 0 Å². The summed E-state index contributed by atoms with van der Waals surface area (Å²) in [5.74, 6) is 1.17. The Morgan fingerprint density at radius 2 is 2.23 bits per heavy atom. The predicted molar refractivity (Wildman–Crippen MR) is 87.3 cm³/mol. The third-order valence-electron chi connectivity index (χ3n) is 3.67. The van der Waals surface area contributed by atoms with Gasteiger partial charge in [-0.2, -0.15) is 0 Å². The molecule has 1 heterocycles. The first-order valence-corrected chi connectivity index (χ1v) is 8.29. The van der Waals surface area contributed by atoms with Crippen LogP contribution in [0.15, 0.2) is 24.3 Å². The number of benzene rings is 1. The molecule has 122 valence electrons. The number of amides is 1. The first-order valence-electron chi connectivity index (χ1n) is 7.76. The van der Waals surface area contributed by atoms with E-state index in [1.54, 1.807) is 0 Å². The van der Waals surface area contributed by atoms with Gasteiger partial charge in [-0.3, -0.25) is 4.79 Å². The van der Waals surface area contributed by atoms with Crippen molar-refractivity contribution in [1.29, 1.82) is 0 Å². The Morgan fingerprint density at radius 3 is 2.86 bits per heavy atom. The Kier molecular flexibility index (Phi) is 6.52. The highest BCUT2D eigenvalue weighted by Crippen LogP contribution is 2.23. The molecule has 5 heteroatoms. The number of carbonyl (C=O) groups is 1. The molecular formula is C17H24ClNO3. The summed E-state index contributed by atoms with van der Waals surface area (Å²) in [6.07, 6.45) is 1.09. The quantitative estimate of drug-likeness (QED) is 0.723. The molecule has 1 amide bonds. The van der Waals surface area contributed by atoms with Gasteiger partial charge in [-0.15, -0.1) is 11.6 Å². The van der Waals surface area contributed by atoms with Gasteiger partial charge in [0.05, 0.1) is 12.7 Å². The predicted octanol–water partition coefficient (Wildman–Crippen LogP) is 3.08. The summed E-state index contributed by atoms with van der Waals surface area (Å²) in [4.78, 5) is 14.0. The zero-order valence-corrected chi connectivity index (χ0v) is 14.0. The smallest absolute Gasteiger partial charge is 0.237 e. The summed E-state index contributed by atoms with van der Waals surface area (Å²) in [7, 11) is 0. The fraction of sp³-hybridized carbons (Fsp3) is 0.588. The van der Waals surface area contributed by atoms with Gasteiger partial charge in [0.25, 0.3) is 0 Å². The highest BCUT2D eigenvalue weighted by molar-refractivity contribution is 6.27. The Bertz CT molecular complexity index is 487. The minimum Gasteiger partial charge on any atom is -0.491 e. The maximum absolute atomic E-state index is 12.1. The molecule has 0 saturated carbocycles. The molecule has 1 aromatic carbocycles. The number of para-hydroxylation sites is 1. The van der Waals surface area contributed by atoms with Gasteiger partial charge in [-0.25, -0.2) is 0 Å². The number of nitrogens with zero attached hydrogens (tertiary/aromatic N) is 1. The Balaban J connectivity index is 2.10. The molecule has 0 N–H and O–H groups in total. The van der Waals surface area contributed by atoms with Crippen LogP contribution < -0.4 is 4.74 Å². The molecule has 0 radical (unpaired) electrons. The van der Waals surface area contributed by atoms with Crippen molar-refractivity contribution in [3.63, 3.8) is 0 Å². The molecule has 1 unspecified atom stereocenters. The third kappa shape index (κ3) is 4.89. The SMILES string of the molecule is CC(C)Oc1ccccc1CN(CC1CCOC1)C(=O)CCl. The fourth-order valence-electron chi connectivity index (χ4n) is 2.59. The van der Waals surface area contributed by atoms with E-state index in [0.29, 0.717) is 19.0 Å². The van der Waals surface area contributed by atoms with E-state index in [-0.39, 0.29) is 17.9 Å². The van der Waals surface area contributed by atoms with Gasteiger partial charge in [0.15, 0.2) is 0 Å². The Hall–Kier alpha value is -1.26. The molecule has 1 aromatic rings. The lowest BCUT2D eigenvalue weighted by Crippen LogP contribution is -2.36. The summed E-state index contributed by atoms with van der Waals surface area (Å²) in [5.41, 5.74) is 1.01. The van der Waals surface area contributed by atoms with Crippen molar-refractivity contribution in [2.75, 3.05) is 25.6 Å². The highest BCUT2D eigenvalue weighted by Gasteiger charge is 2.23. The molecule has 1 saturated heterocycles. The average Bonchev–Trinajstić information content (AvgIpc) is 3.00. The molecular weight excluding hydrogens is 302 g/mol. The van der Waals surface area contributed by atoms with Gasteiger partial charge in [-0.1, -0.05) is 18.2 Å².